The van der Waals surface area contributed by atoms with Gasteiger partial charge >= 0.3 is 5.97 Å². The SMILES string of the molecule is CCCCCOC(=O)C(=Cc1ccccc1OC)C(C)=O. The Morgan fingerprint density at radius 3 is 2.52 bits per heavy atom. The highest BCUT2D eigenvalue weighted by Crippen LogP contribution is 2.21. The van der Waals surface area contributed by atoms with E-state index in [1.807, 2.05) is 12.1 Å². The van der Waals surface area contributed by atoms with Crippen LogP contribution in [0.1, 0.15) is 38.7 Å². The number of carbonyl (C=O) groups excluding carboxylic acids is 2. The molecule has 0 saturated heterocycles. The van der Waals surface area contributed by atoms with Gasteiger partial charge in [-0.1, -0.05) is 38.0 Å². The minimum absolute atomic E-state index is 0.0380. The molecule has 21 heavy (non-hydrogen) atoms. The molecule has 0 aliphatic carbocycles. The zero-order valence-electron chi connectivity index (χ0n) is 12.8. The normalized spacial score (nSPS) is 11.1. The first-order valence-corrected chi connectivity index (χ1v) is 7.13. The molecule has 0 saturated carbocycles. The number of Topliss-reactive ketones (excluding diaryl/α,β-unsaturated/α-hetero) is 1. The summed E-state index contributed by atoms with van der Waals surface area (Å²) in [7, 11) is 1.54. The Bertz CT molecular complexity index is 517. The van der Waals surface area contributed by atoms with Gasteiger partial charge in [-0.2, -0.15) is 0 Å². The number of rotatable bonds is 8. The lowest BCUT2D eigenvalue weighted by atomic mass is 10.1. The Morgan fingerprint density at radius 2 is 1.90 bits per heavy atom. The zero-order valence-corrected chi connectivity index (χ0v) is 12.8. The third-order valence-electron chi connectivity index (χ3n) is 3.02. The van der Waals surface area contributed by atoms with E-state index in [4.69, 9.17) is 9.47 Å². The van der Waals surface area contributed by atoms with Crippen molar-refractivity contribution in [1.29, 1.82) is 0 Å². The van der Waals surface area contributed by atoms with Gasteiger partial charge in [0.25, 0.3) is 0 Å². The summed E-state index contributed by atoms with van der Waals surface area (Å²) >= 11 is 0. The highest BCUT2D eigenvalue weighted by Gasteiger charge is 2.16. The number of esters is 1. The molecule has 0 aromatic heterocycles. The first kappa shape index (κ1) is 17.0. The van der Waals surface area contributed by atoms with Crippen molar-refractivity contribution in [2.24, 2.45) is 0 Å². The molecule has 1 rings (SSSR count). The average Bonchev–Trinajstić information content (AvgIpc) is 2.49. The van der Waals surface area contributed by atoms with Gasteiger partial charge in [0.15, 0.2) is 5.78 Å². The number of hydrogen-bond acceptors (Lipinski definition) is 4. The van der Waals surface area contributed by atoms with Crippen molar-refractivity contribution >= 4 is 17.8 Å². The van der Waals surface area contributed by atoms with Crippen LogP contribution in [-0.4, -0.2) is 25.5 Å². The molecule has 1 aromatic rings. The largest absolute Gasteiger partial charge is 0.496 e. The van der Waals surface area contributed by atoms with Gasteiger partial charge in [-0.25, -0.2) is 4.79 Å². The van der Waals surface area contributed by atoms with Crippen LogP contribution in [-0.2, 0) is 14.3 Å². The number of ether oxygens (including phenoxy) is 2. The Labute approximate surface area is 125 Å². The number of benzene rings is 1. The van der Waals surface area contributed by atoms with Crippen LogP contribution in [0.2, 0.25) is 0 Å². The van der Waals surface area contributed by atoms with Crippen LogP contribution >= 0.6 is 0 Å². The minimum Gasteiger partial charge on any atom is -0.496 e. The molecule has 0 fully saturated rings. The number of methoxy groups -OCH3 is 1. The summed E-state index contributed by atoms with van der Waals surface area (Å²) in [4.78, 5) is 23.7. The van der Waals surface area contributed by atoms with Crippen LogP contribution in [0, 0.1) is 0 Å². The predicted octanol–water partition coefficient (Wildman–Crippen LogP) is 3.40. The Hall–Kier alpha value is -2.10. The van der Waals surface area contributed by atoms with Gasteiger partial charge in [-0.15, -0.1) is 0 Å². The van der Waals surface area contributed by atoms with E-state index >= 15 is 0 Å². The van der Waals surface area contributed by atoms with Crippen molar-refractivity contribution in [2.75, 3.05) is 13.7 Å². The quantitative estimate of drug-likeness (QED) is 0.242. The van der Waals surface area contributed by atoms with Crippen LogP contribution < -0.4 is 4.74 Å². The minimum atomic E-state index is -0.579. The summed E-state index contributed by atoms with van der Waals surface area (Å²) in [6.07, 6.45) is 4.37. The molecule has 0 atom stereocenters. The van der Waals surface area contributed by atoms with Crippen molar-refractivity contribution in [3.63, 3.8) is 0 Å². The molecule has 0 aliphatic heterocycles. The van der Waals surface area contributed by atoms with Crippen LogP contribution in [0.25, 0.3) is 6.08 Å². The van der Waals surface area contributed by atoms with E-state index in [0.717, 1.165) is 19.3 Å². The standard InChI is InChI=1S/C17H22O4/c1-4-5-8-11-21-17(19)15(13(2)18)12-14-9-6-7-10-16(14)20-3/h6-7,9-10,12H,4-5,8,11H2,1-3H3. The van der Waals surface area contributed by atoms with E-state index in [9.17, 15) is 9.59 Å². The molecule has 4 nitrogen and oxygen atoms in total. The van der Waals surface area contributed by atoms with Crippen molar-refractivity contribution < 1.29 is 19.1 Å². The van der Waals surface area contributed by atoms with Gasteiger partial charge in [-0.05, 0) is 25.5 Å². The Balaban J connectivity index is 2.88. The number of carbonyl (C=O) groups is 2. The average molecular weight is 290 g/mol. The molecule has 0 radical (unpaired) electrons. The van der Waals surface area contributed by atoms with Gasteiger partial charge in [-0.3, -0.25) is 4.79 Å². The monoisotopic (exact) mass is 290 g/mol. The van der Waals surface area contributed by atoms with Crippen LogP contribution in [0.15, 0.2) is 29.8 Å². The van der Waals surface area contributed by atoms with E-state index in [1.54, 1.807) is 19.2 Å². The van der Waals surface area contributed by atoms with Crippen molar-refractivity contribution in [2.45, 2.75) is 33.1 Å². The Kier molecular flexibility index (Phi) is 7.23. The van der Waals surface area contributed by atoms with Crippen molar-refractivity contribution in [1.82, 2.24) is 0 Å². The van der Waals surface area contributed by atoms with E-state index in [0.29, 0.717) is 17.9 Å². The third-order valence-corrected chi connectivity index (χ3v) is 3.02. The van der Waals surface area contributed by atoms with Crippen LogP contribution in [0.5, 0.6) is 5.75 Å². The fraction of sp³-hybridized carbons (Fsp3) is 0.412. The number of unbranched alkanes of at least 4 members (excludes halogenated alkanes) is 2. The lowest BCUT2D eigenvalue weighted by Gasteiger charge is -2.08. The smallest absolute Gasteiger partial charge is 0.341 e. The van der Waals surface area contributed by atoms with Gasteiger partial charge in [0.1, 0.15) is 11.3 Å². The molecule has 4 heteroatoms. The second-order valence-electron chi connectivity index (χ2n) is 4.70. The number of hydrogen-bond donors (Lipinski definition) is 0. The molecule has 0 unspecified atom stereocenters. The molecule has 114 valence electrons. The summed E-state index contributed by atoms with van der Waals surface area (Å²) in [6.45, 7) is 3.77. The molecule has 0 amide bonds. The maximum atomic E-state index is 12.0. The van der Waals surface area contributed by atoms with E-state index < -0.39 is 5.97 Å². The summed E-state index contributed by atoms with van der Waals surface area (Å²) in [5, 5.41) is 0. The zero-order chi connectivity index (χ0) is 15.7. The van der Waals surface area contributed by atoms with Crippen molar-refractivity contribution in [3.8, 4) is 5.75 Å². The van der Waals surface area contributed by atoms with Gasteiger partial charge < -0.3 is 9.47 Å². The summed E-state index contributed by atoms with van der Waals surface area (Å²) < 4.78 is 10.4. The Morgan fingerprint density at radius 1 is 1.19 bits per heavy atom. The summed E-state index contributed by atoms with van der Waals surface area (Å²) in [5.74, 6) is -0.291. The summed E-state index contributed by atoms with van der Waals surface area (Å²) in [6, 6.07) is 7.20. The number of ketones is 1. The first-order chi connectivity index (χ1) is 10.1. The lowest BCUT2D eigenvalue weighted by molar-refractivity contribution is -0.140. The lowest BCUT2D eigenvalue weighted by Crippen LogP contribution is -2.14. The molecule has 0 spiro atoms. The van der Waals surface area contributed by atoms with Gasteiger partial charge in [0.05, 0.1) is 13.7 Å². The van der Waals surface area contributed by atoms with Crippen LogP contribution in [0.3, 0.4) is 0 Å². The van der Waals surface area contributed by atoms with Crippen LogP contribution in [0.4, 0.5) is 0 Å². The highest BCUT2D eigenvalue weighted by molar-refractivity contribution is 6.19. The molecule has 0 bridgehead atoms. The van der Waals surface area contributed by atoms with Crippen molar-refractivity contribution in [3.05, 3.63) is 35.4 Å². The molecular formula is C17H22O4. The van der Waals surface area contributed by atoms with E-state index in [1.165, 1.54) is 13.0 Å². The third kappa shape index (κ3) is 5.42. The first-order valence-electron chi connectivity index (χ1n) is 7.13. The predicted molar refractivity (Wildman–Crippen MR) is 82.1 cm³/mol. The van der Waals surface area contributed by atoms with Gasteiger partial charge in [0, 0.05) is 5.56 Å². The number of para-hydroxylation sites is 1. The topological polar surface area (TPSA) is 52.6 Å². The molecule has 0 aliphatic rings. The second kappa shape index (κ2) is 8.95. The fourth-order valence-corrected chi connectivity index (χ4v) is 1.84. The molecule has 0 N–H and O–H groups in total. The second-order valence-corrected chi connectivity index (χ2v) is 4.70. The molecule has 1 aromatic carbocycles. The van der Waals surface area contributed by atoms with E-state index in [2.05, 4.69) is 6.92 Å². The van der Waals surface area contributed by atoms with Gasteiger partial charge in [0.2, 0.25) is 0 Å². The molecule has 0 heterocycles. The maximum Gasteiger partial charge on any atom is 0.341 e. The molecular weight excluding hydrogens is 268 g/mol. The van der Waals surface area contributed by atoms with E-state index in [-0.39, 0.29) is 11.4 Å². The maximum absolute atomic E-state index is 12.0. The highest BCUT2D eigenvalue weighted by atomic mass is 16.5. The summed E-state index contributed by atoms with van der Waals surface area (Å²) in [5.41, 5.74) is 0.715. The fourth-order valence-electron chi connectivity index (χ4n) is 1.84.